The van der Waals surface area contributed by atoms with Crippen molar-refractivity contribution < 1.29 is 20.1 Å². The Morgan fingerprint density at radius 3 is 2.23 bits per heavy atom. The topological polar surface area (TPSA) is 119 Å². The van der Waals surface area contributed by atoms with Crippen molar-refractivity contribution in [2.45, 2.75) is 24.4 Å². The molecule has 0 amide bonds. The van der Waals surface area contributed by atoms with Crippen LogP contribution in [0, 0.1) is 0 Å². The minimum Gasteiger partial charge on any atom is -0.394 e. The van der Waals surface area contributed by atoms with Gasteiger partial charge < -0.3 is 20.1 Å². The van der Waals surface area contributed by atoms with Crippen LogP contribution < -0.4 is 5.43 Å². The van der Waals surface area contributed by atoms with Crippen molar-refractivity contribution in [3.63, 3.8) is 0 Å². The predicted molar refractivity (Wildman–Crippen MR) is 96.2 cm³/mol. The minimum absolute atomic E-state index is 0.0557. The van der Waals surface area contributed by atoms with Gasteiger partial charge in [0.1, 0.15) is 24.4 Å². The van der Waals surface area contributed by atoms with E-state index in [1.54, 1.807) is 12.1 Å². The van der Waals surface area contributed by atoms with E-state index in [0.29, 0.717) is 11.4 Å². The maximum Gasteiger partial charge on any atom is 0.202 e. The Labute approximate surface area is 150 Å². The number of azo groups is 1. The van der Waals surface area contributed by atoms with Gasteiger partial charge in [-0.1, -0.05) is 36.4 Å². The van der Waals surface area contributed by atoms with Crippen molar-refractivity contribution in [1.29, 1.82) is 0 Å². The van der Waals surface area contributed by atoms with E-state index in [-0.39, 0.29) is 5.84 Å². The molecule has 26 heavy (non-hydrogen) atoms. The molecule has 1 fully saturated rings. The predicted octanol–water partition coefficient (Wildman–Crippen LogP) is 1.68. The molecular formula is C18H20N4O4. The number of amidine groups is 1. The molecule has 4 N–H and O–H groups in total. The normalized spacial score (nSPS) is 26.3. The molecule has 8 heteroatoms. The zero-order valence-electron chi connectivity index (χ0n) is 13.9. The summed E-state index contributed by atoms with van der Waals surface area (Å²) in [6.07, 6.45) is -4.45. The summed E-state index contributed by atoms with van der Waals surface area (Å²) in [7, 11) is 0. The first-order valence-electron chi connectivity index (χ1n) is 8.17. The summed E-state index contributed by atoms with van der Waals surface area (Å²) in [6.45, 7) is -0.427. The molecule has 3 rings (SSSR count). The number of aliphatic hydroxyl groups excluding tert-OH is 3. The van der Waals surface area contributed by atoms with E-state index in [1.165, 1.54) is 0 Å². The molecule has 0 radical (unpaired) electrons. The van der Waals surface area contributed by atoms with Crippen molar-refractivity contribution in [3.05, 3.63) is 60.7 Å². The Morgan fingerprint density at radius 2 is 1.62 bits per heavy atom. The highest BCUT2D eigenvalue weighted by Gasteiger charge is 2.45. The maximum atomic E-state index is 10.2. The quantitative estimate of drug-likeness (QED) is 0.281. The first kappa shape index (κ1) is 18.2. The summed E-state index contributed by atoms with van der Waals surface area (Å²) in [5.74, 6) is 0.0557. The Balaban J connectivity index is 1.85. The first-order valence-corrected chi connectivity index (χ1v) is 8.17. The minimum atomic E-state index is -1.28. The molecule has 4 atom stereocenters. The van der Waals surface area contributed by atoms with Gasteiger partial charge in [-0.3, -0.25) is 5.43 Å². The Kier molecular flexibility index (Phi) is 6.03. The van der Waals surface area contributed by atoms with Gasteiger partial charge in [-0.25, -0.2) is 0 Å². The fraction of sp³-hybridized carbons (Fsp3) is 0.278. The number of nitrogens with zero attached hydrogens (tertiary/aromatic N) is 3. The van der Waals surface area contributed by atoms with Gasteiger partial charge in [-0.15, -0.1) is 10.2 Å². The lowest BCUT2D eigenvalue weighted by molar-refractivity contribution is -0.0101. The highest BCUT2D eigenvalue weighted by molar-refractivity contribution is 5.88. The summed E-state index contributed by atoms with van der Waals surface area (Å²) in [6, 6.07) is 18.2. The third kappa shape index (κ3) is 4.30. The molecule has 0 unspecified atom stereocenters. The molecule has 1 aliphatic rings. The van der Waals surface area contributed by atoms with E-state index < -0.39 is 31.0 Å². The van der Waals surface area contributed by atoms with Gasteiger partial charge >= 0.3 is 0 Å². The monoisotopic (exact) mass is 356 g/mol. The van der Waals surface area contributed by atoms with Gasteiger partial charge in [0.2, 0.25) is 5.84 Å². The molecule has 136 valence electrons. The molecule has 1 aliphatic heterocycles. The van der Waals surface area contributed by atoms with Crippen LogP contribution >= 0.6 is 0 Å². The second kappa shape index (κ2) is 8.63. The summed E-state index contributed by atoms with van der Waals surface area (Å²) < 4.78 is 5.50. The SMILES string of the molecule is OC[C@@H]1O[C@H](/C(N=Nc2ccccc2)=N\Nc2ccccc2)[C@H](O)[C@@H]1O. The molecule has 2 aromatic rings. The van der Waals surface area contributed by atoms with E-state index in [2.05, 4.69) is 20.8 Å². The first-order chi connectivity index (χ1) is 12.7. The molecule has 8 nitrogen and oxygen atoms in total. The zero-order valence-corrected chi connectivity index (χ0v) is 13.9. The standard InChI is InChI=1S/C18H20N4O4/c23-11-14-15(24)16(25)17(26-14)18(21-19-12-7-3-1-4-8-12)22-20-13-9-5-2-6-10-13/h1-10,14-17,19,23-25H,11H2/b21-18+,22-20?/t14-,15+,16+,17-/m0/s1. The maximum absolute atomic E-state index is 10.2. The lowest BCUT2D eigenvalue weighted by Gasteiger charge is -2.13. The Hall–Kier alpha value is -2.65. The Bertz CT molecular complexity index is 754. The van der Waals surface area contributed by atoms with Crippen molar-refractivity contribution >= 4 is 17.2 Å². The molecule has 0 bridgehead atoms. The number of benzene rings is 2. The molecule has 2 aromatic carbocycles. The smallest absolute Gasteiger partial charge is 0.202 e. The molecule has 1 heterocycles. The molecule has 0 aromatic heterocycles. The largest absolute Gasteiger partial charge is 0.394 e. The van der Waals surface area contributed by atoms with Crippen molar-refractivity contribution in [3.8, 4) is 0 Å². The van der Waals surface area contributed by atoms with Crippen molar-refractivity contribution in [1.82, 2.24) is 0 Å². The lowest BCUT2D eigenvalue weighted by atomic mass is 10.1. The number of para-hydroxylation sites is 1. The van der Waals surface area contributed by atoms with Crippen LogP contribution in [-0.2, 0) is 4.74 Å². The zero-order chi connectivity index (χ0) is 18.4. The highest BCUT2D eigenvalue weighted by atomic mass is 16.6. The van der Waals surface area contributed by atoms with Crippen LogP contribution in [0.4, 0.5) is 11.4 Å². The van der Waals surface area contributed by atoms with Gasteiger partial charge in [0.15, 0.2) is 0 Å². The van der Waals surface area contributed by atoms with E-state index in [0.717, 1.165) is 0 Å². The average Bonchev–Trinajstić information content (AvgIpc) is 2.98. The average molecular weight is 356 g/mol. The number of hydrogen-bond acceptors (Lipinski definition) is 7. The van der Waals surface area contributed by atoms with E-state index in [1.807, 2.05) is 48.5 Å². The molecular weight excluding hydrogens is 336 g/mol. The van der Waals surface area contributed by atoms with Crippen LogP contribution in [0.5, 0.6) is 0 Å². The van der Waals surface area contributed by atoms with Crippen molar-refractivity contribution in [2.75, 3.05) is 12.0 Å². The Morgan fingerprint density at radius 1 is 0.962 bits per heavy atom. The van der Waals surface area contributed by atoms with Crippen LogP contribution in [0.25, 0.3) is 0 Å². The molecule has 0 aliphatic carbocycles. The van der Waals surface area contributed by atoms with E-state index in [4.69, 9.17) is 4.74 Å². The van der Waals surface area contributed by atoms with Gasteiger partial charge in [-0.05, 0) is 24.3 Å². The van der Waals surface area contributed by atoms with Gasteiger partial charge in [0.05, 0.1) is 18.0 Å². The van der Waals surface area contributed by atoms with E-state index in [9.17, 15) is 15.3 Å². The number of anilines is 1. The second-order valence-electron chi connectivity index (χ2n) is 5.74. The van der Waals surface area contributed by atoms with E-state index >= 15 is 0 Å². The lowest BCUT2D eigenvalue weighted by Crippen LogP contribution is -2.36. The van der Waals surface area contributed by atoms with Gasteiger partial charge in [0.25, 0.3) is 0 Å². The number of hydrazone groups is 1. The summed E-state index contributed by atoms with van der Waals surface area (Å²) >= 11 is 0. The number of nitrogens with one attached hydrogen (secondary N) is 1. The third-order valence-corrected chi connectivity index (χ3v) is 3.89. The molecule has 0 spiro atoms. The number of aliphatic hydroxyl groups is 3. The van der Waals surface area contributed by atoms with Crippen LogP contribution in [0.15, 0.2) is 76.0 Å². The van der Waals surface area contributed by atoms with Crippen LogP contribution in [0.3, 0.4) is 0 Å². The van der Waals surface area contributed by atoms with Crippen LogP contribution in [-0.4, -0.2) is 52.2 Å². The fourth-order valence-electron chi connectivity index (χ4n) is 2.49. The second-order valence-corrected chi connectivity index (χ2v) is 5.74. The summed E-state index contributed by atoms with van der Waals surface area (Å²) in [5, 5.41) is 41.8. The highest BCUT2D eigenvalue weighted by Crippen LogP contribution is 2.24. The van der Waals surface area contributed by atoms with Crippen LogP contribution in [0.1, 0.15) is 0 Å². The van der Waals surface area contributed by atoms with Crippen molar-refractivity contribution in [2.24, 2.45) is 15.3 Å². The van der Waals surface area contributed by atoms with Gasteiger partial charge in [0, 0.05) is 0 Å². The summed E-state index contributed by atoms with van der Waals surface area (Å²) in [4.78, 5) is 0. The molecule has 0 saturated carbocycles. The number of rotatable bonds is 5. The number of ether oxygens (including phenoxy) is 1. The third-order valence-electron chi connectivity index (χ3n) is 3.89. The summed E-state index contributed by atoms with van der Waals surface area (Å²) in [5.41, 5.74) is 4.14. The van der Waals surface area contributed by atoms with Gasteiger partial charge in [-0.2, -0.15) is 5.10 Å². The fourth-order valence-corrected chi connectivity index (χ4v) is 2.49. The molecule has 1 saturated heterocycles. The van der Waals surface area contributed by atoms with Crippen LogP contribution in [0.2, 0.25) is 0 Å². The number of hydrogen-bond donors (Lipinski definition) is 4.